The summed E-state index contributed by atoms with van der Waals surface area (Å²) >= 11 is 0. The SMILES string of the molecule is O=C(CCc1c[nH]c2ccccc12)NCCCn1cnc2ccccc21. The molecule has 1 amide bonds. The van der Waals surface area contributed by atoms with Crippen molar-refractivity contribution in [1.82, 2.24) is 19.9 Å². The molecule has 0 spiro atoms. The number of aromatic amines is 1. The number of imidazole rings is 1. The van der Waals surface area contributed by atoms with Crippen LogP contribution in [0.1, 0.15) is 18.4 Å². The summed E-state index contributed by atoms with van der Waals surface area (Å²) in [5.74, 6) is 0.103. The predicted octanol–water partition coefficient (Wildman–Crippen LogP) is 3.66. The normalized spacial score (nSPS) is 11.2. The molecule has 0 radical (unpaired) electrons. The van der Waals surface area contributed by atoms with Gasteiger partial charge >= 0.3 is 0 Å². The van der Waals surface area contributed by atoms with E-state index in [1.165, 1.54) is 10.9 Å². The first-order valence-electron chi connectivity index (χ1n) is 9.03. The van der Waals surface area contributed by atoms with Crippen molar-refractivity contribution in [2.75, 3.05) is 6.54 Å². The first-order valence-corrected chi connectivity index (χ1v) is 9.03. The molecule has 2 heterocycles. The van der Waals surface area contributed by atoms with E-state index in [9.17, 15) is 4.79 Å². The zero-order chi connectivity index (χ0) is 17.8. The number of aromatic nitrogens is 3. The zero-order valence-electron chi connectivity index (χ0n) is 14.6. The molecule has 0 saturated carbocycles. The second-order valence-electron chi connectivity index (χ2n) is 6.49. The first-order chi connectivity index (χ1) is 12.8. The molecule has 0 unspecified atom stereocenters. The second kappa shape index (κ2) is 7.44. The second-order valence-corrected chi connectivity index (χ2v) is 6.49. The third-order valence-electron chi connectivity index (χ3n) is 4.72. The Balaban J connectivity index is 1.23. The number of para-hydroxylation sites is 3. The zero-order valence-corrected chi connectivity index (χ0v) is 14.6. The summed E-state index contributed by atoms with van der Waals surface area (Å²) in [4.78, 5) is 19.7. The molecular formula is C21H22N4O. The molecular weight excluding hydrogens is 324 g/mol. The van der Waals surface area contributed by atoms with Crippen molar-refractivity contribution in [2.45, 2.75) is 25.8 Å². The molecule has 0 aliphatic heterocycles. The topological polar surface area (TPSA) is 62.7 Å². The third-order valence-corrected chi connectivity index (χ3v) is 4.72. The molecule has 132 valence electrons. The molecule has 0 aliphatic rings. The van der Waals surface area contributed by atoms with Crippen LogP contribution in [0.3, 0.4) is 0 Å². The number of nitrogens with one attached hydrogen (secondary N) is 2. The number of rotatable bonds is 7. The van der Waals surface area contributed by atoms with Crippen LogP contribution < -0.4 is 5.32 Å². The van der Waals surface area contributed by atoms with Gasteiger partial charge in [0, 0.05) is 36.6 Å². The van der Waals surface area contributed by atoms with E-state index in [1.54, 1.807) is 0 Å². The van der Waals surface area contributed by atoms with Gasteiger partial charge < -0.3 is 14.9 Å². The van der Waals surface area contributed by atoms with Crippen LogP contribution in [0.2, 0.25) is 0 Å². The van der Waals surface area contributed by atoms with Crippen LogP contribution in [0.4, 0.5) is 0 Å². The van der Waals surface area contributed by atoms with Gasteiger partial charge in [-0.3, -0.25) is 4.79 Å². The lowest BCUT2D eigenvalue weighted by atomic mass is 10.1. The van der Waals surface area contributed by atoms with Crippen molar-refractivity contribution in [3.63, 3.8) is 0 Å². The van der Waals surface area contributed by atoms with Gasteiger partial charge in [0.15, 0.2) is 0 Å². The Morgan fingerprint density at radius 2 is 1.96 bits per heavy atom. The monoisotopic (exact) mass is 346 g/mol. The number of carbonyl (C=O) groups is 1. The van der Waals surface area contributed by atoms with Crippen molar-refractivity contribution in [3.8, 4) is 0 Å². The Bertz CT molecular complexity index is 1030. The highest BCUT2D eigenvalue weighted by atomic mass is 16.1. The van der Waals surface area contributed by atoms with Crippen LogP contribution in [-0.2, 0) is 17.8 Å². The average molecular weight is 346 g/mol. The van der Waals surface area contributed by atoms with Crippen molar-refractivity contribution in [2.24, 2.45) is 0 Å². The fraction of sp³-hybridized carbons (Fsp3) is 0.238. The predicted molar refractivity (Wildman–Crippen MR) is 104 cm³/mol. The standard InChI is InChI=1S/C21H22N4O/c26-21(11-10-16-14-23-18-7-2-1-6-17(16)18)22-12-5-13-25-15-24-19-8-3-4-9-20(19)25/h1-4,6-9,14-15,23H,5,10-13H2,(H,22,26). The molecule has 0 aliphatic carbocycles. The maximum atomic E-state index is 12.1. The van der Waals surface area contributed by atoms with Crippen LogP contribution in [-0.4, -0.2) is 27.0 Å². The number of nitrogens with zero attached hydrogens (tertiary/aromatic N) is 2. The molecule has 5 heteroatoms. The molecule has 0 bridgehead atoms. The van der Waals surface area contributed by atoms with Gasteiger partial charge in [0.2, 0.25) is 5.91 Å². The molecule has 5 nitrogen and oxygen atoms in total. The molecule has 2 aromatic carbocycles. The molecule has 0 atom stereocenters. The van der Waals surface area contributed by atoms with Gasteiger partial charge in [0.05, 0.1) is 17.4 Å². The van der Waals surface area contributed by atoms with E-state index in [2.05, 4.69) is 38.1 Å². The summed E-state index contributed by atoms with van der Waals surface area (Å²) in [5, 5.41) is 4.22. The lowest BCUT2D eigenvalue weighted by Gasteiger charge is -2.07. The molecule has 26 heavy (non-hydrogen) atoms. The Labute approximate surface area is 152 Å². The smallest absolute Gasteiger partial charge is 0.220 e. The van der Waals surface area contributed by atoms with Crippen molar-refractivity contribution < 1.29 is 4.79 Å². The summed E-state index contributed by atoms with van der Waals surface area (Å²) in [6.07, 6.45) is 6.02. The minimum Gasteiger partial charge on any atom is -0.361 e. The number of hydrogen-bond acceptors (Lipinski definition) is 2. The quantitative estimate of drug-likeness (QED) is 0.502. The van der Waals surface area contributed by atoms with Crippen molar-refractivity contribution in [1.29, 1.82) is 0 Å². The Kier molecular flexibility index (Phi) is 4.69. The number of aryl methyl sites for hydroxylation is 2. The van der Waals surface area contributed by atoms with Gasteiger partial charge in [0.1, 0.15) is 0 Å². The van der Waals surface area contributed by atoms with E-state index in [4.69, 9.17) is 0 Å². The lowest BCUT2D eigenvalue weighted by Crippen LogP contribution is -2.25. The number of fused-ring (bicyclic) bond motifs is 2. The molecule has 0 saturated heterocycles. The molecule has 0 fully saturated rings. The van der Waals surface area contributed by atoms with E-state index < -0.39 is 0 Å². The van der Waals surface area contributed by atoms with E-state index >= 15 is 0 Å². The van der Waals surface area contributed by atoms with Crippen LogP contribution in [0.15, 0.2) is 61.1 Å². The highest BCUT2D eigenvalue weighted by molar-refractivity contribution is 5.84. The largest absolute Gasteiger partial charge is 0.361 e. The van der Waals surface area contributed by atoms with Crippen LogP contribution >= 0.6 is 0 Å². The fourth-order valence-corrected chi connectivity index (χ4v) is 3.34. The fourth-order valence-electron chi connectivity index (χ4n) is 3.34. The van der Waals surface area contributed by atoms with Crippen molar-refractivity contribution in [3.05, 3.63) is 66.6 Å². The van der Waals surface area contributed by atoms with Gasteiger partial charge in [-0.25, -0.2) is 4.98 Å². The summed E-state index contributed by atoms with van der Waals surface area (Å²) in [6, 6.07) is 16.3. The van der Waals surface area contributed by atoms with E-state index in [-0.39, 0.29) is 5.91 Å². The average Bonchev–Trinajstić information content (AvgIpc) is 3.28. The molecule has 4 aromatic rings. The number of benzene rings is 2. The minimum atomic E-state index is 0.103. The van der Waals surface area contributed by atoms with E-state index in [0.717, 1.165) is 35.9 Å². The molecule has 4 rings (SSSR count). The van der Waals surface area contributed by atoms with E-state index in [0.29, 0.717) is 13.0 Å². The highest BCUT2D eigenvalue weighted by Crippen LogP contribution is 2.18. The number of amides is 1. The van der Waals surface area contributed by atoms with Crippen LogP contribution in [0.25, 0.3) is 21.9 Å². The summed E-state index contributed by atoms with van der Waals surface area (Å²) in [5.41, 5.74) is 4.46. The van der Waals surface area contributed by atoms with Gasteiger partial charge in [-0.15, -0.1) is 0 Å². The van der Waals surface area contributed by atoms with Gasteiger partial charge in [-0.05, 0) is 36.6 Å². The molecule has 2 aromatic heterocycles. The number of H-pyrrole nitrogens is 1. The maximum absolute atomic E-state index is 12.1. The Morgan fingerprint density at radius 3 is 2.92 bits per heavy atom. The highest BCUT2D eigenvalue weighted by Gasteiger charge is 2.07. The number of carbonyl (C=O) groups excluding carboxylic acids is 1. The summed E-state index contributed by atoms with van der Waals surface area (Å²) < 4.78 is 2.13. The van der Waals surface area contributed by atoms with Gasteiger partial charge in [-0.2, -0.15) is 0 Å². The summed E-state index contributed by atoms with van der Waals surface area (Å²) in [6.45, 7) is 1.53. The van der Waals surface area contributed by atoms with Crippen molar-refractivity contribution >= 4 is 27.8 Å². The lowest BCUT2D eigenvalue weighted by molar-refractivity contribution is -0.121. The maximum Gasteiger partial charge on any atom is 0.220 e. The third kappa shape index (κ3) is 3.47. The van der Waals surface area contributed by atoms with Crippen LogP contribution in [0, 0.1) is 0 Å². The van der Waals surface area contributed by atoms with Crippen LogP contribution in [0.5, 0.6) is 0 Å². The van der Waals surface area contributed by atoms with E-state index in [1.807, 2.05) is 42.9 Å². The number of hydrogen-bond donors (Lipinski definition) is 2. The minimum absolute atomic E-state index is 0.103. The molecule has 2 N–H and O–H groups in total. The summed E-state index contributed by atoms with van der Waals surface area (Å²) in [7, 11) is 0. The first kappa shape index (κ1) is 16.4. The Morgan fingerprint density at radius 1 is 1.12 bits per heavy atom. The Hall–Kier alpha value is -3.08. The van der Waals surface area contributed by atoms with Gasteiger partial charge in [-0.1, -0.05) is 30.3 Å². The van der Waals surface area contributed by atoms with Gasteiger partial charge in [0.25, 0.3) is 0 Å².